The van der Waals surface area contributed by atoms with Crippen LogP contribution in [0.1, 0.15) is 6.42 Å². The second-order valence-corrected chi connectivity index (χ2v) is 3.95. The fraction of sp³-hybridized carbons (Fsp3) is 0.286. The Morgan fingerprint density at radius 2 is 1.93 bits per heavy atom. The number of carbonyl (C=O) groups excluding carboxylic acids is 3. The molecule has 0 saturated carbocycles. The maximum Gasteiger partial charge on any atom is 0.333 e. The zero-order chi connectivity index (χ0) is 11.4. The Kier molecular flexibility index (Phi) is 3.76. The Balaban J connectivity index is 2.42. The normalized spacial score (nSPS) is 17.0. The van der Waals surface area contributed by atoms with Gasteiger partial charge >= 0.3 is 5.97 Å². The van der Waals surface area contributed by atoms with Crippen LogP contribution in [0.15, 0.2) is 12.2 Å². The smallest absolute Gasteiger partial charge is 0.333 e. The largest absolute Gasteiger partial charge is 0.346 e. The van der Waals surface area contributed by atoms with E-state index >= 15 is 0 Å². The molecule has 1 heterocycles. The van der Waals surface area contributed by atoms with E-state index in [0.717, 1.165) is 12.2 Å². The standard InChI is InChI=1S/C7H8NO6P/c9-5-1-2-6(10)8(5)14-7(11)3-4-15(12)13/h1-2,15H,3-4H2,(H,12,13). The summed E-state index contributed by atoms with van der Waals surface area (Å²) in [4.78, 5) is 45.6. The van der Waals surface area contributed by atoms with Crippen molar-refractivity contribution in [2.24, 2.45) is 0 Å². The molecule has 0 fully saturated rings. The molecule has 1 aliphatic heterocycles. The lowest BCUT2D eigenvalue weighted by atomic mass is 10.5. The van der Waals surface area contributed by atoms with Crippen LogP contribution in [-0.4, -0.2) is 33.9 Å². The maximum absolute atomic E-state index is 11.0. The number of hydrogen-bond acceptors (Lipinski definition) is 5. The van der Waals surface area contributed by atoms with E-state index in [1.54, 1.807) is 0 Å². The van der Waals surface area contributed by atoms with Gasteiger partial charge in [-0.2, -0.15) is 0 Å². The van der Waals surface area contributed by atoms with Crippen LogP contribution in [0, 0.1) is 0 Å². The second kappa shape index (κ2) is 4.86. The predicted octanol–water partition coefficient (Wildman–Crippen LogP) is -0.773. The Hall–Kier alpha value is -1.46. The van der Waals surface area contributed by atoms with Crippen molar-refractivity contribution in [3.8, 4) is 0 Å². The van der Waals surface area contributed by atoms with Gasteiger partial charge < -0.3 is 9.73 Å². The first kappa shape index (κ1) is 11.6. The number of carbonyl (C=O) groups is 3. The van der Waals surface area contributed by atoms with E-state index in [0.29, 0.717) is 5.06 Å². The molecular formula is C7H8NO6P. The van der Waals surface area contributed by atoms with E-state index in [2.05, 4.69) is 4.84 Å². The van der Waals surface area contributed by atoms with Crippen molar-refractivity contribution < 1.29 is 28.7 Å². The van der Waals surface area contributed by atoms with E-state index in [9.17, 15) is 18.9 Å². The number of hydrogen-bond donors (Lipinski definition) is 1. The average Bonchev–Trinajstić information content (AvgIpc) is 2.46. The van der Waals surface area contributed by atoms with Crippen LogP contribution in [-0.2, 0) is 23.8 Å². The lowest BCUT2D eigenvalue weighted by Gasteiger charge is -2.11. The SMILES string of the molecule is O=C(CC[PH](=O)O)ON1C(=O)C=CC1=O. The Morgan fingerprint density at radius 3 is 2.40 bits per heavy atom. The highest BCUT2D eigenvalue weighted by Crippen LogP contribution is 2.14. The van der Waals surface area contributed by atoms with E-state index < -0.39 is 25.8 Å². The molecule has 7 nitrogen and oxygen atoms in total. The average molecular weight is 233 g/mol. The third-order valence-corrected chi connectivity index (χ3v) is 2.18. The van der Waals surface area contributed by atoms with Gasteiger partial charge in [0.05, 0.1) is 6.42 Å². The molecule has 1 aliphatic rings. The van der Waals surface area contributed by atoms with Crippen molar-refractivity contribution in [1.29, 1.82) is 0 Å². The first-order valence-corrected chi connectivity index (χ1v) is 5.55. The van der Waals surface area contributed by atoms with Crippen LogP contribution in [0.25, 0.3) is 0 Å². The first-order valence-electron chi connectivity index (χ1n) is 3.99. The molecule has 15 heavy (non-hydrogen) atoms. The molecule has 82 valence electrons. The molecule has 8 heteroatoms. The van der Waals surface area contributed by atoms with Gasteiger partial charge in [-0.15, -0.1) is 0 Å². The molecule has 0 bridgehead atoms. The molecule has 0 aliphatic carbocycles. The van der Waals surface area contributed by atoms with Crippen molar-refractivity contribution >= 4 is 25.8 Å². The summed E-state index contributed by atoms with van der Waals surface area (Å²) in [5, 5.41) is 0.303. The molecule has 1 N–H and O–H groups in total. The third-order valence-electron chi connectivity index (χ3n) is 1.50. The van der Waals surface area contributed by atoms with Gasteiger partial charge in [-0.25, -0.2) is 4.79 Å². The lowest BCUT2D eigenvalue weighted by Crippen LogP contribution is -2.32. The van der Waals surface area contributed by atoms with Gasteiger partial charge in [-0.1, -0.05) is 5.06 Å². The molecule has 0 aromatic heterocycles. The summed E-state index contributed by atoms with van der Waals surface area (Å²) in [5.74, 6) is -2.39. The fourth-order valence-corrected chi connectivity index (χ4v) is 1.25. The van der Waals surface area contributed by atoms with Crippen LogP contribution in [0.5, 0.6) is 0 Å². The molecule has 1 atom stereocenters. The molecular weight excluding hydrogens is 225 g/mol. The molecule has 1 rings (SSSR count). The molecule has 0 aromatic rings. The maximum atomic E-state index is 11.0. The Bertz CT molecular complexity index is 344. The Labute approximate surface area is 85.1 Å². The number of hydroxylamine groups is 2. The summed E-state index contributed by atoms with van der Waals surface area (Å²) in [6.45, 7) is 0. The summed E-state index contributed by atoms with van der Waals surface area (Å²) < 4.78 is 10.3. The van der Waals surface area contributed by atoms with Crippen LogP contribution < -0.4 is 0 Å². The summed E-state index contributed by atoms with van der Waals surface area (Å²) in [7, 11) is -2.74. The number of imide groups is 1. The van der Waals surface area contributed by atoms with Crippen LogP contribution in [0.3, 0.4) is 0 Å². The highest BCUT2D eigenvalue weighted by Gasteiger charge is 2.27. The minimum Gasteiger partial charge on any atom is -0.346 e. The molecule has 1 unspecified atom stereocenters. The predicted molar refractivity (Wildman–Crippen MR) is 47.8 cm³/mol. The molecule has 0 spiro atoms. The fourth-order valence-electron chi connectivity index (χ4n) is 0.833. The number of amides is 2. The molecule has 0 aromatic carbocycles. The van der Waals surface area contributed by atoms with Crippen molar-refractivity contribution in [3.05, 3.63) is 12.2 Å². The van der Waals surface area contributed by atoms with E-state index in [1.165, 1.54) is 0 Å². The van der Waals surface area contributed by atoms with Crippen LogP contribution >= 0.6 is 8.03 Å². The summed E-state index contributed by atoms with van der Waals surface area (Å²) in [6.07, 6.45) is 1.38. The van der Waals surface area contributed by atoms with Gasteiger partial charge in [0.15, 0.2) is 8.03 Å². The topological polar surface area (TPSA) is 101 Å². The number of rotatable bonds is 4. The Morgan fingerprint density at radius 1 is 1.40 bits per heavy atom. The molecule has 0 radical (unpaired) electrons. The highest BCUT2D eigenvalue weighted by atomic mass is 31.1. The van der Waals surface area contributed by atoms with Crippen LogP contribution in [0.2, 0.25) is 0 Å². The van der Waals surface area contributed by atoms with Gasteiger partial charge in [0.25, 0.3) is 11.8 Å². The second-order valence-electron chi connectivity index (χ2n) is 2.66. The minimum atomic E-state index is -2.74. The van der Waals surface area contributed by atoms with E-state index in [1.807, 2.05) is 0 Å². The zero-order valence-electron chi connectivity index (χ0n) is 7.50. The van der Waals surface area contributed by atoms with Gasteiger partial charge in [0.2, 0.25) is 0 Å². The lowest BCUT2D eigenvalue weighted by molar-refractivity contribution is -0.195. The van der Waals surface area contributed by atoms with Crippen LogP contribution in [0.4, 0.5) is 0 Å². The third kappa shape index (κ3) is 3.30. The van der Waals surface area contributed by atoms with Gasteiger partial charge in [-0.05, 0) is 0 Å². The van der Waals surface area contributed by atoms with E-state index in [4.69, 9.17) is 4.89 Å². The highest BCUT2D eigenvalue weighted by molar-refractivity contribution is 7.38. The molecule has 2 amide bonds. The van der Waals surface area contributed by atoms with Crippen molar-refractivity contribution in [2.75, 3.05) is 6.16 Å². The van der Waals surface area contributed by atoms with Crippen molar-refractivity contribution in [3.63, 3.8) is 0 Å². The van der Waals surface area contributed by atoms with Gasteiger partial charge in [0, 0.05) is 18.3 Å². The quantitative estimate of drug-likeness (QED) is 0.505. The number of nitrogens with zero attached hydrogens (tertiary/aromatic N) is 1. The monoisotopic (exact) mass is 233 g/mol. The first-order chi connectivity index (χ1) is 7.00. The van der Waals surface area contributed by atoms with E-state index in [-0.39, 0.29) is 12.6 Å². The summed E-state index contributed by atoms with van der Waals surface area (Å²) in [5.41, 5.74) is 0. The summed E-state index contributed by atoms with van der Waals surface area (Å²) >= 11 is 0. The minimum absolute atomic E-state index is 0.229. The summed E-state index contributed by atoms with van der Waals surface area (Å²) in [6, 6.07) is 0. The van der Waals surface area contributed by atoms with Gasteiger partial charge in [-0.3, -0.25) is 14.2 Å². The zero-order valence-corrected chi connectivity index (χ0v) is 8.50. The van der Waals surface area contributed by atoms with Gasteiger partial charge in [0.1, 0.15) is 0 Å². The van der Waals surface area contributed by atoms with Crippen molar-refractivity contribution in [2.45, 2.75) is 6.42 Å². The molecule has 0 saturated heterocycles. The van der Waals surface area contributed by atoms with Crippen molar-refractivity contribution in [1.82, 2.24) is 5.06 Å².